The van der Waals surface area contributed by atoms with Crippen LogP contribution in [0.3, 0.4) is 0 Å². The fraction of sp³-hybridized carbons (Fsp3) is 0.267. The van der Waals surface area contributed by atoms with Crippen LogP contribution >= 0.6 is 0 Å². The fourth-order valence-corrected chi connectivity index (χ4v) is 5.63. The summed E-state index contributed by atoms with van der Waals surface area (Å²) in [5.74, 6) is 1.13. The van der Waals surface area contributed by atoms with Crippen molar-refractivity contribution in [1.29, 1.82) is 0 Å². The molecule has 4 nitrogen and oxygen atoms in total. The molecule has 0 unspecified atom stereocenters. The van der Waals surface area contributed by atoms with Crippen LogP contribution in [-0.2, 0) is 12.0 Å². The van der Waals surface area contributed by atoms with Gasteiger partial charge in [-0.05, 0) is 73.8 Å². The number of pyridine rings is 2. The molecule has 2 aliphatic heterocycles. The summed E-state index contributed by atoms with van der Waals surface area (Å²) >= 11 is 0. The van der Waals surface area contributed by atoms with Gasteiger partial charge in [-0.25, -0.2) is 4.98 Å². The van der Waals surface area contributed by atoms with E-state index in [0.29, 0.717) is 0 Å². The number of benzene rings is 2. The van der Waals surface area contributed by atoms with Crippen molar-refractivity contribution >= 4 is 11.5 Å². The highest BCUT2D eigenvalue weighted by Gasteiger charge is 2.45. The Hall–Kier alpha value is -3.50. The van der Waals surface area contributed by atoms with Crippen LogP contribution in [0.15, 0.2) is 91.3 Å². The van der Waals surface area contributed by atoms with Gasteiger partial charge in [0, 0.05) is 42.1 Å². The second-order valence-corrected chi connectivity index (χ2v) is 9.70. The number of rotatable bonds is 4. The normalized spacial score (nSPS) is 17.1. The summed E-state index contributed by atoms with van der Waals surface area (Å²) in [6, 6.07) is 28.1. The monoisotopic (exact) mass is 446 g/mol. The van der Waals surface area contributed by atoms with Crippen LogP contribution in [0.25, 0.3) is 11.1 Å². The summed E-state index contributed by atoms with van der Waals surface area (Å²) in [5.41, 5.74) is 7.78. The first-order valence-electron chi connectivity index (χ1n) is 12.2. The van der Waals surface area contributed by atoms with E-state index in [1.807, 2.05) is 18.5 Å². The van der Waals surface area contributed by atoms with Gasteiger partial charge in [-0.3, -0.25) is 9.88 Å². The van der Waals surface area contributed by atoms with E-state index in [0.717, 1.165) is 44.8 Å². The van der Waals surface area contributed by atoms with E-state index in [9.17, 15) is 0 Å². The first-order chi connectivity index (χ1) is 16.7. The molecule has 4 aromatic rings. The van der Waals surface area contributed by atoms with E-state index < -0.39 is 0 Å². The van der Waals surface area contributed by atoms with Crippen molar-refractivity contribution in [3.05, 3.63) is 108 Å². The first-order valence-corrected chi connectivity index (χ1v) is 12.2. The van der Waals surface area contributed by atoms with Crippen LogP contribution < -0.4 is 4.90 Å². The molecular weight excluding hydrogens is 416 g/mol. The zero-order chi connectivity index (χ0) is 23.0. The molecule has 4 heteroatoms. The Morgan fingerprint density at radius 2 is 1.47 bits per heavy atom. The van der Waals surface area contributed by atoms with Crippen molar-refractivity contribution in [1.82, 2.24) is 14.9 Å². The predicted octanol–water partition coefficient (Wildman–Crippen LogP) is 6.14. The van der Waals surface area contributed by atoms with Crippen molar-refractivity contribution in [3.8, 4) is 11.1 Å². The molecule has 6 rings (SSSR count). The van der Waals surface area contributed by atoms with Crippen LogP contribution in [-0.4, -0.2) is 34.5 Å². The lowest BCUT2D eigenvalue weighted by molar-refractivity contribution is 0.159. The van der Waals surface area contributed by atoms with Gasteiger partial charge in [0.15, 0.2) is 0 Å². The van der Waals surface area contributed by atoms with Gasteiger partial charge in [0.25, 0.3) is 0 Å². The van der Waals surface area contributed by atoms with E-state index >= 15 is 0 Å². The number of aromatic nitrogens is 2. The van der Waals surface area contributed by atoms with Crippen molar-refractivity contribution in [2.75, 3.05) is 24.5 Å². The lowest BCUT2D eigenvalue weighted by atomic mass is 9.74. The minimum Gasteiger partial charge on any atom is -0.325 e. The largest absolute Gasteiger partial charge is 0.325 e. The smallest absolute Gasteiger partial charge is 0.136 e. The van der Waals surface area contributed by atoms with Gasteiger partial charge < -0.3 is 4.90 Å². The molecule has 2 aliphatic rings. The van der Waals surface area contributed by atoms with E-state index in [1.165, 1.54) is 33.6 Å². The highest BCUT2D eigenvalue weighted by atomic mass is 15.2. The predicted molar refractivity (Wildman–Crippen MR) is 138 cm³/mol. The standard InChI is InChI=1S/C30H30N4/c1-23-7-5-17-31-28(23)21-33-19-15-30(16-20-33)22-34(29-27(30)10-6-18-32-29)26-13-11-25(12-14-26)24-8-3-2-4-9-24/h2-14,17-18H,15-16,19-22H2,1H3. The topological polar surface area (TPSA) is 32.3 Å². The maximum absolute atomic E-state index is 4.85. The zero-order valence-corrected chi connectivity index (χ0v) is 19.7. The average Bonchev–Trinajstić information content (AvgIpc) is 3.21. The number of hydrogen-bond acceptors (Lipinski definition) is 4. The summed E-state index contributed by atoms with van der Waals surface area (Å²) in [6.07, 6.45) is 6.14. The Bertz CT molecular complexity index is 1270. The minimum atomic E-state index is 0.164. The van der Waals surface area contributed by atoms with E-state index in [4.69, 9.17) is 4.98 Å². The average molecular weight is 447 g/mol. The van der Waals surface area contributed by atoms with Gasteiger partial charge in [-0.1, -0.05) is 54.6 Å². The molecule has 0 atom stereocenters. The Morgan fingerprint density at radius 1 is 0.765 bits per heavy atom. The van der Waals surface area contributed by atoms with Crippen molar-refractivity contribution in [2.24, 2.45) is 0 Å². The highest BCUT2D eigenvalue weighted by Crippen LogP contribution is 2.48. The molecule has 0 radical (unpaired) electrons. The molecule has 1 fully saturated rings. The van der Waals surface area contributed by atoms with Crippen molar-refractivity contribution < 1.29 is 0 Å². The quantitative estimate of drug-likeness (QED) is 0.377. The Balaban J connectivity index is 1.23. The summed E-state index contributed by atoms with van der Waals surface area (Å²) in [5, 5.41) is 0. The lowest BCUT2D eigenvalue weighted by Gasteiger charge is -2.39. The molecule has 0 N–H and O–H groups in total. The van der Waals surface area contributed by atoms with Crippen LogP contribution in [0, 0.1) is 6.92 Å². The zero-order valence-electron chi connectivity index (χ0n) is 19.7. The number of likely N-dealkylation sites (tertiary alicyclic amines) is 1. The maximum Gasteiger partial charge on any atom is 0.136 e. The number of fused-ring (bicyclic) bond motifs is 2. The summed E-state index contributed by atoms with van der Waals surface area (Å²) in [6.45, 7) is 6.28. The highest BCUT2D eigenvalue weighted by molar-refractivity contribution is 5.72. The van der Waals surface area contributed by atoms with Crippen molar-refractivity contribution in [2.45, 2.75) is 31.7 Å². The summed E-state index contributed by atoms with van der Waals surface area (Å²) in [4.78, 5) is 14.5. The number of anilines is 2. The van der Waals surface area contributed by atoms with E-state index in [1.54, 1.807) is 0 Å². The number of aryl methyl sites for hydroxylation is 1. The van der Waals surface area contributed by atoms with E-state index in [2.05, 4.69) is 94.5 Å². The van der Waals surface area contributed by atoms with Gasteiger partial charge in [0.05, 0.1) is 5.69 Å². The molecule has 2 aromatic carbocycles. The fourth-order valence-electron chi connectivity index (χ4n) is 5.63. The molecule has 1 spiro atoms. The molecule has 4 heterocycles. The maximum atomic E-state index is 4.85. The SMILES string of the molecule is Cc1cccnc1CN1CCC2(CC1)CN(c1ccc(-c3ccccc3)cc1)c1ncccc12. The van der Waals surface area contributed by atoms with Gasteiger partial charge in [-0.15, -0.1) is 0 Å². The summed E-state index contributed by atoms with van der Waals surface area (Å²) < 4.78 is 0. The molecule has 170 valence electrons. The van der Waals surface area contributed by atoms with Crippen LogP contribution in [0.4, 0.5) is 11.5 Å². The molecule has 0 aliphatic carbocycles. The van der Waals surface area contributed by atoms with Crippen molar-refractivity contribution in [3.63, 3.8) is 0 Å². The number of nitrogens with zero attached hydrogens (tertiary/aromatic N) is 4. The Labute approximate surface area is 201 Å². The third-order valence-electron chi connectivity index (χ3n) is 7.66. The second-order valence-electron chi connectivity index (χ2n) is 9.70. The first kappa shape index (κ1) is 21.1. The molecule has 0 bridgehead atoms. The lowest BCUT2D eigenvalue weighted by Crippen LogP contribution is -2.44. The molecule has 34 heavy (non-hydrogen) atoms. The number of piperidine rings is 1. The van der Waals surface area contributed by atoms with Gasteiger partial charge >= 0.3 is 0 Å². The van der Waals surface area contributed by atoms with E-state index in [-0.39, 0.29) is 5.41 Å². The third kappa shape index (κ3) is 3.78. The van der Waals surface area contributed by atoms with Crippen LogP contribution in [0.1, 0.15) is 29.7 Å². The molecule has 2 aromatic heterocycles. The van der Waals surface area contributed by atoms with Gasteiger partial charge in [0.2, 0.25) is 0 Å². The minimum absolute atomic E-state index is 0.164. The number of hydrogen-bond donors (Lipinski definition) is 0. The molecule has 0 saturated carbocycles. The Morgan fingerprint density at radius 3 is 2.24 bits per heavy atom. The second kappa shape index (κ2) is 8.69. The summed E-state index contributed by atoms with van der Waals surface area (Å²) in [7, 11) is 0. The van der Waals surface area contributed by atoms with Crippen LogP contribution in [0.2, 0.25) is 0 Å². The molecule has 1 saturated heterocycles. The van der Waals surface area contributed by atoms with Gasteiger partial charge in [-0.2, -0.15) is 0 Å². The van der Waals surface area contributed by atoms with Crippen LogP contribution in [0.5, 0.6) is 0 Å². The van der Waals surface area contributed by atoms with Gasteiger partial charge in [0.1, 0.15) is 5.82 Å². The third-order valence-corrected chi connectivity index (χ3v) is 7.66. The molecular formula is C30H30N4. The molecule has 0 amide bonds. The Kier molecular flexibility index (Phi) is 5.39.